The molecule has 0 saturated heterocycles. The van der Waals surface area contributed by atoms with Crippen molar-refractivity contribution in [2.45, 2.75) is 20.3 Å². The molecule has 0 aliphatic carbocycles. The molecule has 0 aliphatic heterocycles. The Kier molecular flexibility index (Phi) is 9.10. The standard InChI is InChI=1S/C23H23BrN2O5/c1-4-15-6-8-18(9-7-15)26-23(28)17(13-25)10-16-11-20(30-5-2)21(12-19(16)24)31-14-22(27)29-3/h6-12H,4-5,14H2,1-3H3,(H,26,28)/b17-10+. The fraction of sp³-hybridized carbons (Fsp3) is 0.261. The number of nitrogens with zero attached hydrogens (tertiary/aromatic N) is 1. The Morgan fingerprint density at radius 2 is 1.81 bits per heavy atom. The summed E-state index contributed by atoms with van der Waals surface area (Å²) in [6.07, 6.45) is 2.35. The molecule has 2 aromatic rings. The predicted molar refractivity (Wildman–Crippen MR) is 121 cm³/mol. The van der Waals surface area contributed by atoms with Gasteiger partial charge in [-0.2, -0.15) is 5.26 Å². The smallest absolute Gasteiger partial charge is 0.343 e. The summed E-state index contributed by atoms with van der Waals surface area (Å²) < 4.78 is 16.2. The number of carbonyl (C=O) groups excluding carboxylic acids is 2. The Balaban J connectivity index is 2.28. The Morgan fingerprint density at radius 1 is 1.13 bits per heavy atom. The summed E-state index contributed by atoms with van der Waals surface area (Å²) in [6.45, 7) is 3.93. The molecule has 2 aromatic carbocycles. The molecule has 0 spiro atoms. The minimum Gasteiger partial charge on any atom is -0.490 e. The number of ether oxygens (including phenoxy) is 3. The third-order valence-electron chi connectivity index (χ3n) is 4.22. The topological polar surface area (TPSA) is 97.6 Å². The number of aryl methyl sites for hydroxylation is 1. The molecule has 0 aliphatic rings. The highest BCUT2D eigenvalue weighted by molar-refractivity contribution is 9.10. The van der Waals surface area contributed by atoms with E-state index >= 15 is 0 Å². The zero-order chi connectivity index (χ0) is 22.8. The number of hydrogen-bond donors (Lipinski definition) is 1. The lowest BCUT2D eigenvalue weighted by atomic mass is 10.1. The minimum absolute atomic E-state index is 0.0778. The van der Waals surface area contributed by atoms with E-state index in [1.165, 1.54) is 13.2 Å². The van der Waals surface area contributed by atoms with Gasteiger partial charge in [-0.05, 0) is 54.8 Å². The maximum absolute atomic E-state index is 12.6. The SMILES string of the molecule is CCOc1cc(/C=C(\C#N)C(=O)Nc2ccc(CC)cc2)c(Br)cc1OCC(=O)OC. The van der Waals surface area contributed by atoms with Crippen LogP contribution in [-0.2, 0) is 20.7 Å². The zero-order valence-electron chi connectivity index (χ0n) is 17.5. The van der Waals surface area contributed by atoms with Crippen molar-refractivity contribution in [1.29, 1.82) is 5.26 Å². The van der Waals surface area contributed by atoms with Crippen LogP contribution in [0, 0.1) is 11.3 Å². The minimum atomic E-state index is -0.530. The van der Waals surface area contributed by atoms with Gasteiger partial charge in [0.05, 0.1) is 13.7 Å². The number of rotatable bonds is 9. The Labute approximate surface area is 189 Å². The normalized spacial score (nSPS) is 10.7. The van der Waals surface area contributed by atoms with Gasteiger partial charge in [0.1, 0.15) is 11.6 Å². The van der Waals surface area contributed by atoms with E-state index in [9.17, 15) is 14.9 Å². The first kappa shape index (κ1) is 24.0. The summed E-state index contributed by atoms with van der Waals surface area (Å²) in [7, 11) is 1.27. The fourth-order valence-corrected chi connectivity index (χ4v) is 3.00. The van der Waals surface area contributed by atoms with Crippen molar-refractivity contribution < 1.29 is 23.8 Å². The second kappa shape index (κ2) is 11.8. The number of anilines is 1. The number of amides is 1. The first-order valence-electron chi connectivity index (χ1n) is 9.59. The number of hydrogen-bond acceptors (Lipinski definition) is 6. The number of methoxy groups -OCH3 is 1. The second-order valence-corrected chi connectivity index (χ2v) is 7.15. The first-order valence-corrected chi connectivity index (χ1v) is 10.4. The molecule has 0 unspecified atom stereocenters. The van der Waals surface area contributed by atoms with Crippen molar-refractivity contribution in [2.24, 2.45) is 0 Å². The molecule has 7 nitrogen and oxygen atoms in total. The van der Waals surface area contributed by atoms with Crippen molar-refractivity contribution in [1.82, 2.24) is 0 Å². The maximum Gasteiger partial charge on any atom is 0.343 e. The zero-order valence-corrected chi connectivity index (χ0v) is 19.1. The monoisotopic (exact) mass is 486 g/mol. The summed E-state index contributed by atoms with van der Waals surface area (Å²) in [5.41, 5.74) is 2.22. The quantitative estimate of drug-likeness (QED) is 0.318. The molecule has 1 N–H and O–H groups in total. The molecule has 0 saturated carbocycles. The number of carbonyl (C=O) groups is 2. The molecule has 1 amide bonds. The molecule has 0 radical (unpaired) electrons. The van der Waals surface area contributed by atoms with Crippen molar-refractivity contribution in [3.8, 4) is 17.6 Å². The number of halogens is 1. The van der Waals surface area contributed by atoms with Crippen LogP contribution in [0.4, 0.5) is 5.69 Å². The molecule has 0 bridgehead atoms. The first-order chi connectivity index (χ1) is 14.9. The van der Waals surface area contributed by atoms with Crippen LogP contribution in [0.5, 0.6) is 11.5 Å². The van der Waals surface area contributed by atoms with Gasteiger partial charge in [0.2, 0.25) is 0 Å². The van der Waals surface area contributed by atoms with Gasteiger partial charge >= 0.3 is 5.97 Å². The highest BCUT2D eigenvalue weighted by atomic mass is 79.9. The van der Waals surface area contributed by atoms with Gasteiger partial charge in [0, 0.05) is 10.2 Å². The van der Waals surface area contributed by atoms with Gasteiger partial charge < -0.3 is 19.5 Å². The van der Waals surface area contributed by atoms with Gasteiger partial charge in [-0.15, -0.1) is 0 Å². The van der Waals surface area contributed by atoms with Crippen LogP contribution in [0.25, 0.3) is 6.08 Å². The molecule has 0 aromatic heterocycles. The van der Waals surface area contributed by atoms with Gasteiger partial charge in [-0.25, -0.2) is 4.79 Å². The summed E-state index contributed by atoms with van der Waals surface area (Å²) >= 11 is 3.41. The number of nitriles is 1. The Morgan fingerprint density at radius 3 is 2.39 bits per heavy atom. The molecule has 31 heavy (non-hydrogen) atoms. The van der Waals surface area contributed by atoms with Crippen LogP contribution in [0.2, 0.25) is 0 Å². The van der Waals surface area contributed by atoms with Gasteiger partial charge in [0.15, 0.2) is 18.1 Å². The number of nitrogens with one attached hydrogen (secondary N) is 1. The molecule has 0 fully saturated rings. The van der Waals surface area contributed by atoms with E-state index < -0.39 is 11.9 Å². The highest BCUT2D eigenvalue weighted by Crippen LogP contribution is 2.35. The molecule has 0 heterocycles. The van der Waals surface area contributed by atoms with Crippen LogP contribution in [-0.4, -0.2) is 32.2 Å². The van der Waals surface area contributed by atoms with Crippen molar-refractivity contribution in [2.75, 3.05) is 25.6 Å². The average Bonchev–Trinajstić information content (AvgIpc) is 2.78. The highest BCUT2D eigenvalue weighted by Gasteiger charge is 2.15. The summed E-state index contributed by atoms with van der Waals surface area (Å²) in [5, 5.41) is 12.2. The molecule has 0 atom stereocenters. The van der Waals surface area contributed by atoms with E-state index in [2.05, 4.69) is 26.0 Å². The van der Waals surface area contributed by atoms with E-state index in [1.807, 2.05) is 25.1 Å². The van der Waals surface area contributed by atoms with E-state index in [0.717, 1.165) is 12.0 Å². The lowest BCUT2D eigenvalue weighted by Gasteiger charge is -2.13. The molecule has 2 rings (SSSR count). The molecule has 8 heteroatoms. The number of benzene rings is 2. The molecule has 162 valence electrons. The van der Waals surface area contributed by atoms with Gasteiger partial charge in [-0.1, -0.05) is 35.0 Å². The van der Waals surface area contributed by atoms with Crippen LogP contribution in [0.3, 0.4) is 0 Å². The predicted octanol–water partition coefficient (Wildman–Crippen LogP) is 4.51. The van der Waals surface area contributed by atoms with Gasteiger partial charge in [-0.3, -0.25) is 4.79 Å². The van der Waals surface area contributed by atoms with Crippen LogP contribution in [0.1, 0.15) is 25.0 Å². The third kappa shape index (κ3) is 6.86. The fourth-order valence-electron chi connectivity index (χ4n) is 2.56. The lowest BCUT2D eigenvalue weighted by molar-refractivity contribution is -0.142. The summed E-state index contributed by atoms with van der Waals surface area (Å²) in [5.74, 6) is -0.357. The van der Waals surface area contributed by atoms with Crippen LogP contribution < -0.4 is 14.8 Å². The largest absolute Gasteiger partial charge is 0.490 e. The Hall–Kier alpha value is -3.31. The maximum atomic E-state index is 12.6. The second-order valence-electron chi connectivity index (χ2n) is 6.29. The Bertz CT molecular complexity index is 1010. The van der Waals surface area contributed by atoms with Gasteiger partial charge in [0.25, 0.3) is 5.91 Å². The van der Waals surface area contributed by atoms with Crippen molar-refractivity contribution in [3.05, 3.63) is 57.6 Å². The molecular weight excluding hydrogens is 464 g/mol. The van der Waals surface area contributed by atoms with Crippen LogP contribution in [0.15, 0.2) is 46.4 Å². The van der Waals surface area contributed by atoms with E-state index in [4.69, 9.17) is 9.47 Å². The van der Waals surface area contributed by atoms with Crippen LogP contribution >= 0.6 is 15.9 Å². The average molecular weight is 487 g/mol. The van der Waals surface area contributed by atoms with Crippen molar-refractivity contribution >= 4 is 39.6 Å². The van der Waals surface area contributed by atoms with E-state index in [1.54, 1.807) is 31.2 Å². The number of esters is 1. The van der Waals surface area contributed by atoms with Crippen molar-refractivity contribution in [3.63, 3.8) is 0 Å². The summed E-state index contributed by atoms with van der Waals surface area (Å²) in [6, 6.07) is 12.6. The van der Waals surface area contributed by atoms with E-state index in [-0.39, 0.29) is 12.2 Å². The molecular formula is C23H23BrN2O5. The third-order valence-corrected chi connectivity index (χ3v) is 4.91. The summed E-state index contributed by atoms with van der Waals surface area (Å²) in [4.78, 5) is 23.9. The van der Waals surface area contributed by atoms with E-state index in [0.29, 0.717) is 33.8 Å². The lowest BCUT2D eigenvalue weighted by Crippen LogP contribution is -2.14.